The van der Waals surface area contributed by atoms with Crippen LogP contribution in [0.2, 0.25) is 10.0 Å². The Balaban J connectivity index is 1.07. The van der Waals surface area contributed by atoms with Gasteiger partial charge in [-0.1, -0.05) is 108 Å². The lowest BCUT2D eigenvalue weighted by atomic mass is 10.0. The van der Waals surface area contributed by atoms with Gasteiger partial charge in [-0.3, -0.25) is 9.59 Å². The van der Waals surface area contributed by atoms with E-state index in [0.717, 1.165) is 44.1 Å². The summed E-state index contributed by atoms with van der Waals surface area (Å²) in [6.45, 7) is 0.625. The van der Waals surface area contributed by atoms with E-state index >= 15 is 0 Å². The highest BCUT2D eigenvalue weighted by Crippen LogP contribution is 2.28. The molecule has 0 aliphatic heterocycles. The highest BCUT2D eigenvalue weighted by molar-refractivity contribution is 6.31. The summed E-state index contributed by atoms with van der Waals surface area (Å²) in [4.78, 5) is 36.7. The first-order chi connectivity index (χ1) is 23.4. The predicted molar refractivity (Wildman–Crippen MR) is 193 cm³/mol. The molecule has 6 nitrogen and oxygen atoms in total. The van der Waals surface area contributed by atoms with Crippen LogP contribution >= 0.6 is 23.2 Å². The second-order valence-electron chi connectivity index (χ2n) is 11.3. The number of rotatable bonds is 8. The molecule has 0 aliphatic rings. The zero-order chi connectivity index (χ0) is 33.0. The van der Waals surface area contributed by atoms with E-state index in [1.165, 1.54) is 0 Å². The van der Waals surface area contributed by atoms with Gasteiger partial charge in [0.05, 0.1) is 33.5 Å². The smallest absolute Gasteiger partial charge is 0.252 e. The molecule has 0 radical (unpaired) electrons. The maximum Gasteiger partial charge on any atom is 0.252 e. The molecule has 2 aromatic heterocycles. The topological polar surface area (TPSA) is 84.0 Å². The predicted octanol–water partition coefficient (Wildman–Crippen LogP) is 9.28. The van der Waals surface area contributed by atoms with Crippen LogP contribution in [0.4, 0.5) is 0 Å². The first kappa shape index (κ1) is 31.1. The standard InChI is InChI=1S/C40H28Cl2N4O2/c41-29-16-12-27(13-17-29)37-21-33(31-8-1-3-10-35(31)45-37)39(47)43-23-25-6-5-7-26(20-25)24-44-40(48)34-22-38(28-14-18-30(42)19-15-28)46-36-11-4-2-9-32(34)36/h1-22H,23-24H2,(H,43,47)(H,44,48). The lowest BCUT2D eigenvalue weighted by molar-refractivity contribution is 0.0945. The Labute approximate surface area is 287 Å². The minimum absolute atomic E-state index is 0.205. The Bertz CT molecular complexity index is 2150. The minimum Gasteiger partial charge on any atom is -0.348 e. The van der Waals surface area contributed by atoms with E-state index in [9.17, 15) is 9.59 Å². The fourth-order valence-corrected chi connectivity index (χ4v) is 5.92. The van der Waals surface area contributed by atoms with Gasteiger partial charge in [0.1, 0.15) is 0 Å². The third kappa shape index (κ3) is 6.76. The van der Waals surface area contributed by atoms with E-state index < -0.39 is 0 Å². The Kier molecular flexibility index (Phi) is 8.84. The quantitative estimate of drug-likeness (QED) is 0.169. The third-order valence-electron chi connectivity index (χ3n) is 8.10. The average molecular weight is 668 g/mol. The SMILES string of the molecule is O=C(NCc1cccc(CNC(=O)c2cc(-c3ccc(Cl)cc3)nc3ccccc23)c1)c1cc(-c2ccc(Cl)cc2)nc2ccccc12. The number of para-hydroxylation sites is 2. The summed E-state index contributed by atoms with van der Waals surface area (Å²) in [6.07, 6.45) is 0. The van der Waals surface area contributed by atoms with Crippen molar-refractivity contribution < 1.29 is 9.59 Å². The molecule has 7 rings (SSSR count). The number of nitrogens with one attached hydrogen (secondary N) is 2. The molecule has 8 heteroatoms. The van der Waals surface area contributed by atoms with Crippen LogP contribution in [-0.4, -0.2) is 21.8 Å². The van der Waals surface area contributed by atoms with Gasteiger partial charge >= 0.3 is 0 Å². The number of hydrogen-bond acceptors (Lipinski definition) is 4. The van der Waals surface area contributed by atoms with Gasteiger partial charge in [-0.25, -0.2) is 9.97 Å². The Morgan fingerprint density at radius 1 is 0.500 bits per heavy atom. The van der Waals surface area contributed by atoms with Crippen LogP contribution in [-0.2, 0) is 13.1 Å². The van der Waals surface area contributed by atoms with Crippen LogP contribution in [0.25, 0.3) is 44.3 Å². The molecule has 2 heterocycles. The highest BCUT2D eigenvalue weighted by Gasteiger charge is 2.16. The van der Waals surface area contributed by atoms with Crippen molar-refractivity contribution in [2.24, 2.45) is 0 Å². The molecule has 234 valence electrons. The number of carbonyl (C=O) groups excluding carboxylic acids is 2. The number of halogens is 2. The minimum atomic E-state index is -0.205. The lowest BCUT2D eigenvalue weighted by Crippen LogP contribution is -2.24. The van der Waals surface area contributed by atoms with Gasteiger partial charge in [0, 0.05) is 45.0 Å². The van der Waals surface area contributed by atoms with Crippen molar-refractivity contribution in [3.05, 3.63) is 166 Å². The fraction of sp³-hybridized carbons (Fsp3) is 0.0500. The van der Waals surface area contributed by atoms with Crippen LogP contribution in [0.5, 0.6) is 0 Å². The van der Waals surface area contributed by atoms with Gasteiger partial charge in [-0.15, -0.1) is 0 Å². The molecule has 5 aromatic carbocycles. The largest absolute Gasteiger partial charge is 0.348 e. The van der Waals surface area contributed by atoms with Crippen molar-refractivity contribution in [2.45, 2.75) is 13.1 Å². The summed E-state index contributed by atoms with van der Waals surface area (Å²) < 4.78 is 0. The van der Waals surface area contributed by atoms with Crippen LogP contribution in [0, 0.1) is 0 Å². The van der Waals surface area contributed by atoms with Gasteiger partial charge in [0.25, 0.3) is 11.8 Å². The summed E-state index contributed by atoms with van der Waals surface area (Å²) in [5.74, 6) is -0.410. The summed E-state index contributed by atoms with van der Waals surface area (Å²) >= 11 is 12.2. The molecular weight excluding hydrogens is 639 g/mol. The van der Waals surface area contributed by atoms with Gasteiger partial charge in [-0.05, 0) is 59.7 Å². The van der Waals surface area contributed by atoms with Crippen LogP contribution in [0.15, 0.2) is 133 Å². The molecule has 0 spiro atoms. The molecule has 2 amide bonds. The molecule has 0 fully saturated rings. The number of pyridine rings is 2. The van der Waals surface area contributed by atoms with E-state index in [4.69, 9.17) is 33.2 Å². The first-order valence-electron chi connectivity index (χ1n) is 15.4. The zero-order valence-corrected chi connectivity index (χ0v) is 27.1. The van der Waals surface area contributed by atoms with Crippen LogP contribution in [0.3, 0.4) is 0 Å². The molecule has 0 saturated carbocycles. The summed E-state index contributed by atoms with van der Waals surface area (Å²) in [7, 11) is 0. The number of aromatic nitrogens is 2. The van der Waals surface area contributed by atoms with Crippen molar-refractivity contribution in [1.82, 2.24) is 20.6 Å². The van der Waals surface area contributed by atoms with E-state index in [0.29, 0.717) is 45.6 Å². The number of benzene rings is 5. The van der Waals surface area contributed by atoms with Crippen molar-refractivity contribution in [2.75, 3.05) is 0 Å². The third-order valence-corrected chi connectivity index (χ3v) is 8.60. The molecule has 0 saturated heterocycles. The fourth-order valence-electron chi connectivity index (χ4n) is 5.67. The van der Waals surface area contributed by atoms with Gasteiger partial charge < -0.3 is 10.6 Å². The molecule has 0 bridgehead atoms. The van der Waals surface area contributed by atoms with E-state index in [2.05, 4.69) is 10.6 Å². The number of carbonyl (C=O) groups is 2. The molecule has 0 unspecified atom stereocenters. The Hall–Kier alpha value is -5.56. The molecule has 2 N–H and O–H groups in total. The van der Waals surface area contributed by atoms with Crippen LogP contribution < -0.4 is 10.6 Å². The maximum absolute atomic E-state index is 13.6. The second-order valence-corrected chi connectivity index (χ2v) is 12.2. The number of hydrogen-bond donors (Lipinski definition) is 2. The number of nitrogens with zero attached hydrogens (tertiary/aromatic N) is 2. The van der Waals surface area contributed by atoms with E-state index in [1.807, 2.05) is 109 Å². The summed E-state index contributed by atoms with van der Waals surface area (Å²) in [5, 5.41) is 8.94. The zero-order valence-electron chi connectivity index (χ0n) is 25.6. The normalized spacial score (nSPS) is 11.0. The van der Waals surface area contributed by atoms with Crippen molar-refractivity contribution in [3.63, 3.8) is 0 Å². The molecule has 0 aliphatic carbocycles. The molecule has 7 aromatic rings. The summed E-state index contributed by atoms with van der Waals surface area (Å²) in [5.41, 5.74) is 7.48. The molecule has 0 atom stereocenters. The molecular formula is C40H28Cl2N4O2. The van der Waals surface area contributed by atoms with Gasteiger partial charge in [0.15, 0.2) is 0 Å². The number of fused-ring (bicyclic) bond motifs is 2. The van der Waals surface area contributed by atoms with Crippen molar-refractivity contribution >= 4 is 56.8 Å². The van der Waals surface area contributed by atoms with E-state index in [-0.39, 0.29) is 11.8 Å². The molecule has 48 heavy (non-hydrogen) atoms. The van der Waals surface area contributed by atoms with Crippen molar-refractivity contribution in [1.29, 1.82) is 0 Å². The highest BCUT2D eigenvalue weighted by atomic mass is 35.5. The Morgan fingerprint density at radius 3 is 1.35 bits per heavy atom. The summed E-state index contributed by atoms with van der Waals surface area (Å²) in [6, 6.07) is 41.4. The lowest BCUT2D eigenvalue weighted by Gasteiger charge is -2.12. The van der Waals surface area contributed by atoms with Gasteiger partial charge in [-0.2, -0.15) is 0 Å². The Morgan fingerprint density at radius 2 is 0.917 bits per heavy atom. The van der Waals surface area contributed by atoms with E-state index in [1.54, 1.807) is 24.3 Å². The number of amides is 2. The average Bonchev–Trinajstić information content (AvgIpc) is 3.12. The van der Waals surface area contributed by atoms with Gasteiger partial charge in [0.2, 0.25) is 0 Å². The van der Waals surface area contributed by atoms with Crippen LogP contribution in [0.1, 0.15) is 31.8 Å². The maximum atomic E-state index is 13.6. The monoisotopic (exact) mass is 666 g/mol. The van der Waals surface area contributed by atoms with Crippen molar-refractivity contribution in [3.8, 4) is 22.5 Å². The second kappa shape index (κ2) is 13.7. The first-order valence-corrected chi connectivity index (χ1v) is 16.1.